The van der Waals surface area contributed by atoms with Crippen molar-refractivity contribution in [2.45, 2.75) is 13.0 Å². The van der Waals surface area contributed by atoms with Crippen LogP contribution < -0.4 is 5.32 Å². The summed E-state index contributed by atoms with van der Waals surface area (Å²) in [5.74, 6) is 0.705. The van der Waals surface area contributed by atoms with Gasteiger partial charge in [0.15, 0.2) is 5.82 Å². The maximum atomic E-state index is 12.4. The van der Waals surface area contributed by atoms with E-state index in [0.29, 0.717) is 12.4 Å². The first-order valence-corrected chi connectivity index (χ1v) is 5.20. The highest BCUT2D eigenvalue weighted by Crippen LogP contribution is 2.19. The predicted molar refractivity (Wildman–Crippen MR) is 59.6 cm³/mol. The van der Waals surface area contributed by atoms with Gasteiger partial charge in [-0.25, -0.2) is 18.7 Å². The van der Waals surface area contributed by atoms with Crippen molar-refractivity contribution < 1.29 is 13.9 Å². The summed E-state index contributed by atoms with van der Waals surface area (Å²) in [5.41, 5.74) is -0.345. The summed E-state index contributed by atoms with van der Waals surface area (Å²) in [5, 5.41) is 15.6. The molecule has 0 radical (unpaired) electrons. The van der Waals surface area contributed by atoms with E-state index in [0.717, 1.165) is 12.4 Å². The Bertz CT molecular complexity index is 516. The van der Waals surface area contributed by atoms with E-state index in [-0.39, 0.29) is 18.1 Å². The molecular weight excluding hydrogens is 244 g/mol. The summed E-state index contributed by atoms with van der Waals surface area (Å²) in [6.07, 6.45) is 0.0861. The fourth-order valence-electron chi connectivity index (χ4n) is 1.35. The monoisotopic (exact) mass is 255 g/mol. The quantitative estimate of drug-likeness (QED) is 0.843. The molecule has 0 saturated carbocycles. The van der Waals surface area contributed by atoms with Gasteiger partial charge in [0.1, 0.15) is 17.8 Å². The molecule has 8 heteroatoms. The average molecular weight is 255 g/mol. The fraction of sp³-hybridized carbons (Fsp3) is 0.300. The lowest BCUT2D eigenvalue weighted by Crippen LogP contribution is -2.03. The molecule has 2 heterocycles. The number of aliphatic hydroxyl groups is 1. The van der Waals surface area contributed by atoms with Crippen molar-refractivity contribution in [3.05, 3.63) is 30.4 Å². The molecule has 0 aliphatic carbocycles. The van der Waals surface area contributed by atoms with Crippen LogP contribution in [0.2, 0.25) is 0 Å². The Balaban J connectivity index is 2.10. The molecule has 0 spiro atoms. The molecule has 0 aliphatic rings. The first-order valence-electron chi connectivity index (χ1n) is 5.20. The maximum absolute atomic E-state index is 12.4. The number of rotatable bonds is 5. The lowest BCUT2D eigenvalue weighted by Gasteiger charge is -2.03. The molecule has 0 aromatic carbocycles. The normalized spacial score (nSPS) is 10.9. The molecule has 0 bridgehead atoms. The van der Waals surface area contributed by atoms with Crippen LogP contribution in [0.5, 0.6) is 0 Å². The van der Waals surface area contributed by atoms with Gasteiger partial charge < -0.3 is 10.4 Å². The van der Waals surface area contributed by atoms with Crippen molar-refractivity contribution in [2.24, 2.45) is 0 Å². The van der Waals surface area contributed by atoms with Gasteiger partial charge in [0.25, 0.3) is 6.43 Å². The summed E-state index contributed by atoms with van der Waals surface area (Å²) in [6, 6.07) is 2.82. The highest BCUT2D eigenvalue weighted by atomic mass is 19.3. The second-order valence-electron chi connectivity index (χ2n) is 3.44. The maximum Gasteiger partial charge on any atom is 0.280 e. The smallest absolute Gasteiger partial charge is 0.280 e. The van der Waals surface area contributed by atoms with E-state index >= 15 is 0 Å². The summed E-state index contributed by atoms with van der Waals surface area (Å²) in [7, 11) is 0. The Morgan fingerprint density at radius 2 is 2.17 bits per heavy atom. The molecule has 96 valence electrons. The molecule has 18 heavy (non-hydrogen) atoms. The Kier molecular flexibility index (Phi) is 3.78. The van der Waals surface area contributed by atoms with Crippen LogP contribution in [-0.4, -0.2) is 31.5 Å². The summed E-state index contributed by atoms with van der Waals surface area (Å²) in [6.45, 7) is 0.345. The van der Waals surface area contributed by atoms with E-state index in [9.17, 15) is 8.78 Å². The van der Waals surface area contributed by atoms with Crippen LogP contribution in [0.3, 0.4) is 0 Å². The van der Waals surface area contributed by atoms with E-state index < -0.39 is 6.43 Å². The average Bonchev–Trinajstić information content (AvgIpc) is 2.77. The molecule has 0 fully saturated rings. The number of nitrogens with zero attached hydrogens (tertiary/aromatic N) is 4. The molecule has 0 unspecified atom stereocenters. The van der Waals surface area contributed by atoms with E-state index in [1.54, 1.807) is 12.3 Å². The molecule has 6 nitrogen and oxygen atoms in total. The van der Waals surface area contributed by atoms with Crippen molar-refractivity contribution in [2.75, 3.05) is 11.9 Å². The Morgan fingerprint density at radius 1 is 1.33 bits per heavy atom. The van der Waals surface area contributed by atoms with E-state index in [4.69, 9.17) is 5.11 Å². The molecule has 0 saturated heterocycles. The van der Waals surface area contributed by atoms with Crippen LogP contribution in [0.4, 0.5) is 20.4 Å². The third-order valence-corrected chi connectivity index (χ3v) is 2.14. The van der Waals surface area contributed by atoms with Gasteiger partial charge in [0.05, 0.1) is 13.2 Å². The minimum absolute atomic E-state index is 0.0237. The summed E-state index contributed by atoms with van der Waals surface area (Å²) in [4.78, 5) is 7.27. The van der Waals surface area contributed by atoms with Crippen LogP contribution in [-0.2, 0) is 6.54 Å². The van der Waals surface area contributed by atoms with Crippen LogP contribution in [0, 0.1) is 0 Å². The van der Waals surface area contributed by atoms with Gasteiger partial charge >= 0.3 is 0 Å². The lowest BCUT2D eigenvalue weighted by molar-refractivity contribution is 0.146. The zero-order valence-corrected chi connectivity index (χ0v) is 9.29. The number of aromatic nitrogens is 4. The van der Waals surface area contributed by atoms with Gasteiger partial charge in [-0.2, -0.15) is 5.10 Å². The summed E-state index contributed by atoms with van der Waals surface area (Å²) < 4.78 is 26.4. The van der Waals surface area contributed by atoms with E-state index in [1.165, 1.54) is 4.68 Å². The molecule has 0 atom stereocenters. The molecule has 2 N–H and O–H groups in total. The highest BCUT2D eigenvalue weighted by Gasteiger charge is 2.10. The summed E-state index contributed by atoms with van der Waals surface area (Å²) >= 11 is 0. The van der Waals surface area contributed by atoms with Crippen molar-refractivity contribution >= 4 is 11.6 Å². The number of aliphatic hydroxyl groups excluding tert-OH is 1. The highest BCUT2D eigenvalue weighted by molar-refractivity contribution is 5.50. The third-order valence-electron chi connectivity index (χ3n) is 2.14. The minimum atomic E-state index is -2.64. The Morgan fingerprint density at radius 3 is 2.89 bits per heavy atom. The number of nitrogens with one attached hydrogen (secondary N) is 1. The number of halogens is 2. The lowest BCUT2D eigenvalue weighted by atomic mass is 10.4. The molecule has 0 amide bonds. The van der Waals surface area contributed by atoms with Crippen molar-refractivity contribution in [1.82, 2.24) is 19.7 Å². The molecular formula is C10H11F2N5O. The Hall–Kier alpha value is -2.09. The van der Waals surface area contributed by atoms with Gasteiger partial charge in [0, 0.05) is 18.3 Å². The third kappa shape index (κ3) is 2.98. The topological polar surface area (TPSA) is 75.9 Å². The van der Waals surface area contributed by atoms with Gasteiger partial charge in [0.2, 0.25) is 0 Å². The van der Waals surface area contributed by atoms with E-state index in [1.807, 2.05) is 0 Å². The number of alkyl halides is 2. The standard InChI is InChI=1S/C10H11F2N5O/c11-10(12)7-5-9(14-6-13-7)15-8-1-2-17(16-8)3-4-18/h1-2,5-6,10,18H,3-4H2,(H,13,14,15,16). The van der Waals surface area contributed by atoms with Crippen molar-refractivity contribution in [3.63, 3.8) is 0 Å². The van der Waals surface area contributed by atoms with Gasteiger partial charge in [-0.1, -0.05) is 0 Å². The second kappa shape index (κ2) is 5.50. The largest absolute Gasteiger partial charge is 0.394 e. The number of hydrogen-bond donors (Lipinski definition) is 2. The van der Waals surface area contributed by atoms with Gasteiger partial charge in [-0.3, -0.25) is 4.68 Å². The number of hydrogen-bond acceptors (Lipinski definition) is 5. The Labute approximate surface area is 101 Å². The fourth-order valence-corrected chi connectivity index (χ4v) is 1.35. The number of anilines is 2. The SMILES string of the molecule is OCCn1ccc(Nc2cc(C(F)F)ncn2)n1. The molecule has 0 aliphatic heterocycles. The minimum Gasteiger partial charge on any atom is -0.394 e. The van der Waals surface area contributed by atoms with Crippen LogP contribution in [0.1, 0.15) is 12.1 Å². The first-order chi connectivity index (χ1) is 8.69. The van der Waals surface area contributed by atoms with E-state index in [2.05, 4.69) is 20.4 Å². The first kappa shape index (κ1) is 12.4. The molecule has 2 aromatic heterocycles. The van der Waals surface area contributed by atoms with Crippen LogP contribution in [0.15, 0.2) is 24.7 Å². The van der Waals surface area contributed by atoms with Gasteiger partial charge in [-0.05, 0) is 0 Å². The van der Waals surface area contributed by atoms with Crippen molar-refractivity contribution in [3.8, 4) is 0 Å². The van der Waals surface area contributed by atoms with Crippen LogP contribution >= 0.6 is 0 Å². The zero-order chi connectivity index (χ0) is 13.0. The van der Waals surface area contributed by atoms with Crippen LogP contribution in [0.25, 0.3) is 0 Å². The zero-order valence-electron chi connectivity index (χ0n) is 9.29. The molecule has 2 aromatic rings. The second-order valence-corrected chi connectivity index (χ2v) is 3.44. The molecule has 2 rings (SSSR count). The van der Waals surface area contributed by atoms with Crippen molar-refractivity contribution in [1.29, 1.82) is 0 Å². The predicted octanol–water partition coefficient (Wildman–Crippen LogP) is 1.35. The van der Waals surface area contributed by atoms with Gasteiger partial charge in [-0.15, -0.1) is 0 Å².